The molecule has 0 fully saturated rings. The maximum absolute atomic E-state index is 13.3. The summed E-state index contributed by atoms with van der Waals surface area (Å²) >= 11 is 1.13. The minimum atomic E-state index is -0.499. The number of halogens is 2. The fourth-order valence-corrected chi connectivity index (χ4v) is 2.35. The van der Waals surface area contributed by atoms with Crippen LogP contribution in [0.2, 0.25) is 0 Å². The Morgan fingerprint density at radius 1 is 1.20 bits per heavy atom. The molecule has 0 aliphatic carbocycles. The van der Waals surface area contributed by atoms with Crippen LogP contribution in [0.4, 0.5) is 20.2 Å². The molecule has 20 heavy (non-hydrogen) atoms. The lowest BCUT2D eigenvalue weighted by Crippen LogP contribution is -2.14. The van der Waals surface area contributed by atoms with Crippen LogP contribution >= 0.6 is 11.8 Å². The molecule has 1 amide bonds. The standard InChI is InChI=1S/C14H12F2N2OS/c15-9-5-10(17)7-11(6-9)20-8-14(19)18-13-4-2-1-3-12(13)16/h1-7H,8,17H2,(H,18,19). The Morgan fingerprint density at radius 3 is 2.65 bits per heavy atom. The van der Waals surface area contributed by atoms with E-state index in [9.17, 15) is 13.6 Å². The Morgan fingerprint density at radius 2 is 1.95 bits per heavy atom. The predicted molar refractivity (Wildman–Crippen MR) is 76.6 cm³/mol. The van der Waals surface area contributed by atoms with Gasteiger partial charge in [-0.3, -0.25) is 4.79 Å². The molecule has 2 rings (SSSR count). The van der Waals surface area contributed by atoms with Crippen molar-refractivity contribution in [1.82, 2.24) is 0 Å². The van der Waals surface area contributed by atoms with Crippen LogP contribution in [-0.2, 0) is 4.79 Å². The van der Waals surface area contributed by atoms with Crippen LogP contribution in [0, 0.1) is 11.6 Å². The topological polar surface area (TPSA) is 55.1 Å². The van der Waals surface area contributed by atoms with Crippen LogP contribution in [0.15, 0.2) is 47.4 Å². The van der Waals surface area contributed by atoms with E-state index in [1.807, 2.05) is 0 Å². The molecule has 3 N–H and O–H groups in total. The summed E-state index contributed by atoms with van der Waals surface area (Å²) in [5.41, 5.74) is 5.92. The second-order valence-electron chi connectivity index (χ2n) is 4.04. The lowest BCUT2D eigenvalue weighted by molar-refractivity contribution is -0.113. The number of benzene rings is 2. The quantitative estimate of drug-likeness (QED) is 0.672. The molecule has 0 aliphatic rings. The molecule has 0 atom stereocenters. The fraction of sp³-hybridized carbons (Fsp3) is 0.0714. The predicted octanol–water partition coefficient (Wildman–Crippen LogP) is 3.28. The van der Waals surface area contributed by atoms with Crippen molar-refractivity contribution in [3.05, 3.63) is 54.1 Å². The number of anilines is 2. The second-order valence-corrected chi connectivity index (χ2v) is 5.09. The number of amides is 1. The SMILES string of the molecule is Nc1cc(F)cc(SCC(=O)Nc2ccccc2F)c1. The van der Waals surface area contributed by atoms with Gasteiger partial charge >= 0.3 is 0 Å². The molecule has 0 radical (unpaired) electrons. The molecule has 104 valence electrons. The molecule has 0 aliphatic heterocycles. The second kappa shape index (κ2) is 6.38. The number of thioether (sulfide) groups is 1. The van der Waals surface area contributed by atoms with E-state index in [0.717, 1.165) is 11.8 Å². The van der Waals surface area contributed by atoms with E-state index in [0.29, 0.717) is 10.6 Å². The zero-order valence-corrected chi connectivity index (χ0v) is 11.2. The monoisotopic (exact) mass is 294 g/mol. The van der Waals surface area contributed by atoms with Crippen molar-refractivity contribution in [1.29, 1.82) is 0 Å². The Bertz CT molecular complexity index is 614. The third kappa shape index (κ3) is 3.96. The van der Waals surface area contributed by atoms with Crippen molar-refractivity contribution in [3.8, 4) is 0 Å². The summed E-state index contributed by atoms with van der Waals surface area (Å²) < 4.78 is 26.4. The number of nitrogens with two attached hydrogens (primary N) is 1. The molecule has 2 aromatic rings. The summed E-state index contributed by atoms with van der Waals surface area (Å²) in [7, 11) is 0. The zero-order valence-electron chi connectivity index (χ0n) is 10.4. The summed E-state index contributed by atoms with van der Waals surface area (Å²) in [6.07, 6.45) is 0. The van der Waals surface area contributed by atoms with E-state index in [-0.39, 0.29) is 17.3 Å². The van der Waals surface area contributed by atoms with Gasteiger partial charge in [0.15, 0.2) is 0 Å². The average molecular weight is 294 g/mol. The molecule has 0 bridgehead atoms. The first-order valence-electron chi connectivity index (χ1n) is 5.78. The Labute approximate surface area is 119 Å². The van der Waals surface area contributed by atoms with Gasteiger partial charge in [-0.1, -0.05) is 12.1 Å². The summed E-state index contributed by atoms with van der Waals surface area (Å²) in [6, 6.07) is 9.95. The van der Waals surface area contributed by atoms with Gasteiger partial charge in [0.1, 0.15) is 11.6 Å². The van der Waals surface area contributed by atoms with Gasteiger partial charge in [0.25, 0.3) is 0 Å². The highest BCUT2D eigenvalue weighted by molar-refractivity contribution is 8.00. The highest BCUT2D eigenvalue weighted by Crippen LogP contribution is 2.22. The molecule has 0 aromatic heterocycles. The Kier molecular flexibility index (Phi) is 4.57. The van der Waals surface area contributed by atoms with E-state index >= 15 is 0 Å². The molecule has 0 saturated heterocycles. The summed E-state index contributed by atoms with van der Waals surface area (Å²) in [5.74, 6) is -1.29. The van der Waals surface area contributed by atoms with Gasteiger partial charge < -0.3 is 11.1 Å². The maximum Gasteiger partial charge on any atom is 0.234 e. The van der Waals surface area contributed by atoms with Crippen LogP contribution in [-0.4, -0.2) is 11.7 Å². The smallest absolute Gasteiger partial charge is 0.234 e. The number of para-hydroxylation sites is 1. The van der Waals surface area contributed by atoms with Crippen LogP contribution in [0.5, 0.6) is 0 Å². The van der Waals surface area contributed by atoms with Crippen molar-refractivity contribution in [2.24, 2.45) is 0 Å². The summed E-state index contributed by atoms with van der Waals surface area (Å²) in [5, 5.41) is 2.45. The highest BCUT2D eigenvalue weighted by atomic mass is 32.2. The molecule has 0 saturated carbocycles. The van der Waals surface area contributed by atoms with Crippen molar-refractivity contribution in [2.75, 3.05) is 16.8 Å². The zero-order chi connectivity index (χ0) is 14.5. The molecule has 6 heteroatoms. The van der Waals surface area contributed by atoms with Crippen molar-refractivity contribution < 1.29 is 13.6 Å². The van der Waals surface area contributed by atoms with Crippen molar-refractivity contribution in [3.63, 3.8) is 0 Å². The largest absolute Gasteiger partial charge is 0.399 e. The first-order chi connectivity index (χ1) is 9.54. The molecular formula is C14H12F2N2OS. The van der Waals surface area contributed by atoms with Gasteiger partial charge in [-0.2, -0.15) is 0 Å². The lowest BCUT2D eigenvalue weighted by Gasteiger charge is -2.06. The van der Waals surface area contributed by atoms with E-state index in [1.54, 1.807) is 12.1 Å². The molecule has 0 spiro atoms. The van der Waals surface area contributed by atoms with E-state index in [2.05, 4.69) is 5.32 Å². The Balaban J connectivity index is 1.94. The van der Waals surface area contributed by atoms with Crippen LogP contribution in [0.25, 0.3) is 0 Å². The number of nitrogens with one attached hydrogen (secondary N) is 1. The minimum absolute atomic E-state index is 0.0389. The molecule has 3 nitrogen and oxygen atoms in total. The van der Waals surface area contributed by atoms with Gasteiger partial charge in [0.05, 0.1) is 11.4 Å². The van der Waals surface area contributed by atoms with Crippen LogP contribution in [0.1, 0.15) is 0 Å². The molecule has 2 aromatic carbocycles. The number of nitrogen functional groups attached to an aromatic ring is 1. The first kappa shape index (κ1) is 14.3. The van der Waals surface area contributed by atoms with E-state index in [1.165, 1.54) is 30.3 Å². The van der Waals surface area contributed by atoms with Gasteiger partial charge in [0, 0.05) is 10.6 Å². The number of carbonyl (C=O) groups is 1. The lowest BCUT2D eigenvalue weighted by atomic mass is 10.3. The maximum atomic E-state index is 13.3. The molecular weight excluding hydrogens is 282 g/mol. The number of carbonyl (C=O) groups excluding carboxylic acids is 1. The van der Waals surface area contributed by atoms with E-state index < -0.39 is 11.6 Å². The molecule has 0 heterocycles. The third-order valence-corrected chi connectivity index (χ3v) is 3.39. The average Bonchev–Trinajstić information content (AvgIpc) is 2.38. The fourth-order valence-electron chi connectivity index (χ4n) is 1.57. The van der Waals surface area contributed by atoms with Gasteiger partial charge in [-0.15, -0.1) is 11.8 Å². The van der Waals surface area contributed by atoms with Gasteiger partial charge in [-0.05, 0) is 30.3 Å². The van der Waals surface area contributed by atoms with Crippen LogP contribution < -0.4 is 11.1 Å². The van der Waals surface area contributed by atoms with Gasteiger partial charge in [-0.25, -0.2) is 8.78 Å². The van der Waals surface area contributed by atoms with E-state index in [4.69, 9.17) is 5.73 Å². The Hall–Kier alpha value is -2.08. The third-order valence-electron chi connectivity index (χ3n) is 2.41. The first-order valence-corrected chi connectivity index (χ1v) is 6.76. The highest BCUT2D eigenvalue weighted by Gasteiger charge is 2.07. The summed E-state index contributed by atoms with van der Waals surface area (Å²) in [6.45, 7) is 0. The summed E-state index contributed by atoms with van der Waals surface area (Å²) in [4.78, 5) is 12.2. The number of hydrogen-bond acceptors (Lipinski definition) is 3. The minimum Gasteiger partial charge on any atom is -0.399 e. The number of rotatable bonds is 4. The van der Waals surface area contributed by atoms with Crippen molar-refractivity contribution in [2.45, 2.75) is 4.90 Å². The number of hydrogen-bond donors (Lipinski definition) is 2. The van der Waals surface area contributed by atoms with Crippen molar-refractivity contribution >= 4 is 29.0 Å². The van der Waals surface area contributed by atoms with Crippen LogP contribution in [0.3, 0.4) is 0 Å². The molecule has 0 unspecified atom stereocenters. The van der Waals surface area contributed by atoms with Gasteiger partial charge in [0.2, 0.25) is 5.91 Å². The normalized spacial score (nSPS) is 10.3.